The maximum Gasteiger partial charge on any atom is 0.272 e. The lowest BCUT2D eigenvalue weighted by molar-refractivity contribution is 0.0781. The summed E-state index contributed by atoms with van der Waals surface area (Å²) in [4.78, 5) is 19.5. The van der Waals surface area contributed by atoms with Gasteiger partial charge in [-0.1, -0.05) is 36.4 Å². The van der Waals surface area contributed by atoms with Gasteiger partial charge in [0, 0.05) is 24.4 Å². The van der Waals surface area contributed by atoms with E-state index in [0.717, 1.165) is 16.7 Å². The molecule has 0 saturated carbocycles. The summed E-state index contributed by atoms with van der Waals surface area (Å²) < 4.78 is 5.24. The van der Waals surface area contributed by atoms with Crippen molar-refractivity contribution in [3.05, 3.63) is 71.9 Å². The molecule has 2 aromatic carbocycles. The minimum Gasteiger partial charge on any atom is -0.497 e. The van der Waals surface area contributed by atoms with E-state index in [4.69, 9.17) is 10.5 Å². The molecule has 5 heteroatoms. The zero-order valence-electron chi connectivity index (χ0n) is 15.3. The van der Waals surface area contributed by atoms with Gasteiger partial charge in [0.05, 0.1) is 12.6 Å². The highest BCUT2D eigenvalue weighted by Gasteiger charge is 2.35. The molecule has 1 amide bonds. The van der Waals surface area contributed by atoms with Gasteiger partial charge in [0.1, 0.15) is 11.4 Å². The van der Waals surface area contributed by atoms with Gasteiger partial charge in [-0.2, -0.15) is 0 Å². The minimum atomic E-state index is -0.0374. The molecule has 5 nitrogen and oxygen atoms in total. The second-order valence-electron chi connectivity index (χ2n) is 6.98. The quantitative estimate of drug-likeness (QED) is 0.775. The lowest BCUT2D eigenvalue weighted by Crippen LogP contribution is -2.30. The van der Waals surface area contributed by atoms with Crippen molar-refractivity contribution in [2.24, 2.45) is 11.7 Å². The van der Waals surface area contributed by atoms with Crippen LogP contribution < -0.4 is 10.5 Å². The average molecular weight is 361 g/mol. The maximum absolute atomic E-state index is 13.1. The van der Waals surface area contributed by atoms with Crippen LogP contribution >= 0.6 is 0 Å². The van der Waals surface area contributed by atoms with Crippen molar-refractivity contribution in [3.8, 4) is 5.75 Å². The van der Waals surface area contributed by atoms with E-state index < -0.39 is 0 Å². The molecule has 1 aromatic heterocycles. The first-order valence-corrected chi connectivity index (χ1v) is 9.18. The number of nitrogens with zero attached hydrogens (tertiary/aromatic N) is 2. The molecule has 0 unspecified atom stereocenters. The Balaban J connectivity index is 1.58. The van der Waals surface area contributed by atoms with Crippen molar-refractivity contribution < 1.29 is 9.53 Å². The number of nitrogens with two attached hydrogens (primary N) is 1. The summed E-state index contributed by atoms with van der Waals surface area (Å²) in [5.41, 5.74) is 8.49. The second-order valence-corrected chi connectivity index (χ2v) is 6.98. The molecule has 2 atom stereocenters. The van der Waals surface area contributed by atoms with Crippen molar-refractivity contribution in [3.63, 3.8) is 0 Å². The molecular weight excluding hydrogens is 338 g/mol. The lowest BCUT2D eigenvalue weighted by atomic mass is 9.89. The molecule has 138 valence electrons. The van der Waals surface area contributed by atoms with Gasteiger partial charge in [-0.3, -0.25) is 4.79 Å². The normalized spacial score (nSPS) is 19.4. The molecule has 2 N–H and O–H groups in total. The Labute approximate surface area is 158 Å². The van der Waals surface area contributed by atoms with Crippen LogP contribution in [-0.4, -0.2) is 42.5 Å². The summed E-state index contributed by atoms with van der Waals surface area (Å²) >= 11 is 0. The number of likely N-dealkylation sites (tertiary alicyclic amines) is 1. The van der Waals surface area contributed by atoms with Crippen LogP contribution in [0.4, 0.5) is 0 Å². The van der Waals surface area contributed by atoms with Gasteiger partial charge >= 0.3 is 0 Å². The largest absolute Gasteiger partial charge is 0.497 e. The van der Waals surface area contributed by atoms with Crippen molar-refractivity contribution in [1.82, 2.24) is 9.88 Å². The van der Waals surface area contributed by atoms with Crippen LogP contribution in [0.3, 0.4) is 0 Å². The lowest BCUT2D eigenvalue weighted by Gasteiger charge is -2.16. The van der Waals surface area contributed by atoms with E-state index in [0.29, 0.717) is 25.3 Å². The number of fused-ring (bicyclic) bond motifs is 1. The zero-order valence-corrected chi connectivity index (χ0v) is 15.3. The van der Waals surface area contributed by atoms with Crippen LogP contribution in [0.15, 0.2) is 60.7 Å². The molecule has 0 spiro atoms. The SMILES string of the molecule is COc1ccc2nc(C(=O)N3C[C@@H](CN)[C@H](c4ccccc4)C3)ccc2c1. The first kappa shape index (κ1) is 17.5. The third-order valence-electron chi connectivity index (χ3n) is 5.37. The standard InChI is InChI=1S/C22H23N3O2/c1-27-18-8-10-20-16(11-18)7-9-21(24-20)22(26)25-13-17(12-23)19(14-25)15-5-3-2-4-6-15/h2-11,17,19H,12-14,23H2,1H3/t17-,19+/m1/s1. The van der Waals surface area contributed by atoms with Gasteiger partial charge in [-0.15, -0.1) is 0 Å². The topological polar surface area (TPSA) is 68.5 Å². The van der Waals surface area contributed by atoms with E-state index in [-0.39, 0.29) is 17.7 Å². The molecule has 0 radical (unpaired) electrons. The van der Waals surface area contributed by atoms with Crippen LogP contribution in [-0.2, 0) is 0 Å². The van der Waals surface area contributed by atoms with Gasteiger partial charge in [-0.25, -0.2) is 4.98 Å². The fourth-order valence-electron chi connectivity index (χ4n) is 3.87. The summed E-state index contributed by atoms with van der Waals surface area (Å²) in [5, 5.41) is 0.953. The number of pyridine rings is 1. The number of ether oxygens (including phenoxy) is 1. The molecule has 0 aliphatic carbocycles. The molecule has 3 aromatic rings. The Hall–Kier alpha value is -2.92. The van der Waals surface area contributed by atoms with Gasteiger partial charge in [0.25, 0.3) is 5.91 Å². The molecule has 1 aliphatic heterocycles. The van der Waals surface area contributed by atoms with E-state index in [1.807, 2.05) is 47.4 Å². The molecule has 1 fully saturated rings. The highest BCUT2D eigenvalue weighted by atomic mass is 16.5. The second kappa shape index (κ2) is 7.37. The first-order valence-electron chi connectivity index (χ1n) is 9.18. The number of carbonyl (C=O) groups is 1. The van der Waals surface area contributed by atoms with Crippen LogP contribution in [0.25, 0.3) is 10.9 Å². The van der Waals surface area contributed by atoms with E-state index in [1.54, 1.807) is 13.2 Å². The Bertz CT molecular complexity index is 958. The summed E-state index contributed by atoms with van der Waals surface area (Å²) in [6.45, 7) is 1.90. The molecule has 2 heterocycles. The number of benzene rings is 2. The van der Waals surface area contributed by atoms with Crippen LogP contribution in [0.1, 0.15) is 22.0 Å². The van der Waals surface area contributed by atoms with Crippen molar-refractivity contribution in [2.75, 3.05) is 26.7 Å². The Morgan fingerprint density at radius 1 is 1.15 bits per heavy atom. The number of aromatic nitrogens is 1. The van der Waals surface area contributed by atoms with E-state index in [1.165, 1.54) is 5.56 Å². The smallest absolute Gasteiger partial charge is 0.272 e. The average Bonchev–Trinajstić information content (AvgIpc) is 3.17. The zero-order chi connectivity index (χ0) is 18.8. The molecule has 27 heavy (non-hydrogen) atoms. The summed E-state index contributed by atoms with van der Waals surface area (Å²) in [7, 11) is 1.64. The summed E-state index contributed by atoms with van der Waals surface area (Å²) in [6.07, 6.45) is 0. The van der Waals surface area contributed by atoms with E-state index >= 15 is 0 Å². The number of carbonyl (C=O) groups excluding carboxylic acids is 1. The number of amides is 1. The highest BCUT2D eigenvalue weighted by Crippen LogP contribution is 2.32. The number of rotatable bonds is 4. The van der Waals surface area contributed by atoms with E-state index in [9.17, 15) is 4.79 Å². The fourth-order valence-corrected chi connectivity index (χ4v) is 3.87. The highest BCUT2D eigenvalue weighted by molar-refractivity contribution is 5.95. The van der Waals surface area contributed by atoms with Crippen LogP contribution in [0.2, 0.25) is 0 Å². The van der Waals surface area contributed by atoms with Crippen LogP contribution in [0, 0.1) is 5.92 Å². The molecular formula is C22H23N3O2. The number of methoxy groups -OCH3 is 1. The van der Waals surface area contributed by atoms with Crippen molar-refractivity contribution >= 4 is 16.8 Å². The Morgan fingerprint density at radius 3 is 2.70 bits per heavy atom. The third kappa shape index (κ3) is 3.38. The Kier molecular flexibility index (Phi) is 4.77. The number of hydrogen-bond acceptors (Lipinski definition) is 4. The van der Waals surface area contributed by atoms with Crippen molar-refractivity contribution in [1.29, 1.82) is 0 Å². The Morgan fingerprint density at radius 2 is 1.96 bits per heavy atom. The molecule has 4 rings (SSSR count). The van der Waals surface area contributed by atoms with E-state index in [2.05, 4.69) is 17.1 Å². The fraction of sp³-hybridized carbons (Fsp3) is 0.273. The predicted molar refractivity (Wildman–Crippen MR) is 106 cm³/mol. The third-order valence-corrected chi connectivity index (χ3v) is 5.37. The minimum absolute atomic E-state index is 0.0374. The first-order chi connectivity index (χ1) is 13.2. The molecule has 0 bridgehead atoms. The summed E-state index contributed by atoms with van der Waals surface area (Å²) in [5.74, 6) is 1.27. The van der Waals surface area contributed by atoms with Crippen molar-refractivity contribution in [2.45, 2.75) is 5.92 Å². The maximum atomic E-state index is 13.1. The van der Waals surface area contributed by atoms with Gasteiger partial charge in [-0.05, 0) is 42.3 Å². The van der Waals surface area contributed by atoms with Gasteiger partial charge in [0.2, 0.25) is 0 Å². The molecule has 1 saturated heterocycles. The number of hydrogen-bond donors (Lipinski definition) is 1. The van der Waals surface area contributed by atoms with Crippen LogP contribution in [0.5, 0.6) is 5.75 Å². The monoisotopic (exact) mass is 361 g/mol. The van der Waals surface area contributed by atoms with Gasteiger partial charge < -0.3 is 15.4 Å². The predicted octanol–water partition coefficient (Wildman–Crippen LogP) is 3.06. The van der Waals surface area contributed by atoms with Gasteiger partial charge in [0.15, 0.2) is 0 Å². The molecule has 1 aliphatic rings. The summed E-state index contributed by atoms with van der Waals surface area (Å²) in [6, 6.07) is 19.7.